The highest BCUT2D eigenvalue weighted by atomic mass is 32.2. The van der Waals surface area contributed by atoms with Crippen LogP contribution in [0.5, 0.6) is 17.2 Å². The minimum atomic E-state index is -3.85. The molecule has 0 saturated carbocycles. The molecule has 2 heterocycles. The second kappa shape index (κ2) is 9.47. The molecule has 0 saturated heterocycles. The number of hydrogen-bond donors (Lipinski definition) is 1. The molecule has 37 heavy (non-hydrogen) atoms. The number of nitrogens with zero attached hydrogens (tertiary/aromatic N) is 2. The number of hydrogen-bond acceptors (Lipinski definition) is 7. The van der Waals surface area contributed by atoms with E-state index in [2.05, 4.69) is 9.97 Å². The van der Waals surface area contributed by atoms with Crippen molar-refractivity contribution in [1.29, 1.82) is 0 Å². The fourth-order valence-electron chi connectivity index (χ4n) is 4.19. The van der Waals surface area contributed by atoms with Crippen molar-refractivity contribution in [2.24, 2.45) is 0 Å². The number of fused-ring (bicyclic) bond motifs is 1. The van der Waals surface area contributed by atoms with Crippen molar-refractivity contribution in [3.8, 4) is 28.5 Å². The first-order valence-corrected chi connectivity index (χ1v) is 12.6. The van der Waals surface area contributed by atoms with E-state index >= 15 is 0 Å². The van der Waals surface area contributed by atoms with Gasteiger partial charge in [0.2, 0.25) is 11.5 Å². The summed E-state index contributed by atoms with van der Waals surface area (Å²) in [7, 11) is 0.566. The van der Waals surface area contributed by atoms with Crippen LogP contribution in [0.15, 0.2) is 84.0 Å². The molecule has 0 aliphatic rings. The molecule has 188 valence electrons. The lowest BCUT2D eigenvalue weighted by molar-refractivity contribution is 0.102. The number of benzene rings is 3. The number of ether oxygens (including phenoxy) is 3. The van der Waals surface area contributed by atoms with Crippen molar-refractivity contribution in [3.63, 3.8) is 0 Å². The Labute approximate surface area is 213 Å². The third-order valence-corrected chi connectivity index (χ3v) is 7.67. The van der Waals surface area contributed by atoms with Crippen LogP contribution in [0.25, 0.3) is 22.2 Å². The van der Waals surface area contributed by atoms with Gasteiger partial charge in [-0.05, 0) is 30.3 Å². The molecule has 10 heteroatoms. The monoisotopic (exact) mass is 517 g/mol. The smallest absolute Gasteiger partial charge is 0.268 e. The quantitative estimate of drug-likeness (QED) is 0.301. The van der Waals surface area contributed by atoms with Crippen LogP contribution in [0.3, 0.4) is 0 Å². The number of aromatic nitrogens is 3. The highest BCUT2D eigenvalue weighted by Gasteiger charge is 2.24. The molecule has 0 aliphatic carbocycles. The van der Waals surface area contributed by atoms with Crippen LogP contribution in [0, 0.1) is 0 Å². The number of H-pyrrole nitrogens is 1. The average Bonchev–Trinajstić information content (AvgIpc) is 3.58. The van der Waals surface area contributed by atoms with E-state index in [9.17, 15) is 13.2 Å². The lowest BCUT2D eigenvalue weighted by Crippen LogP contribution is -2.11. The zero-order valence-corrected chi connectivity index (χ0v) is 21.1. The molecule has 5 rings (SSSR count). The lowest BCUT2D eigenvalue weighted by Gasteiger charge is -2.13. The first-order valence-electron chi connectivity index (χ1n) is 11.2. The Bertz CT molecular complexity index is 1700. The van der Waals surface area contributed by atoms with E-state index in [0.717, 1.165) is 0 Å². The molecule has 0 bridgehead atoms. The third kappa shape index (κ3) is 4.11. The van der Waals surface area contributed by atoms with Crippen molar-refractivity contribution >= 4 is 26.7 Å². The van der Waals surface area contributed by atoms with Gasteiger partial charge in [-0.15, -0.1) is 0 Å². The Kier molecular flexibility index (Phi) is 6.18. The number of carbonyl (C=O) groups excluding carboxylic acids is 1. The van der Waals surface area contributed by atoms with E-state index in [4.69, 9.17) is 14.2 Å². The highest BCUT2D eigenvalue weighted by Crippen LogP contribution is 2.39. The Morgan fingerprint density at radius 1 is 0.892 bits per heavy atom. The van der Waals surface area contributed by atoms with Crippen LogP contribution in [0.1, 0.15) is 16.2 Å². The zero-order valence-electron chi connectivity index (χ0n) is 20.3. The molecule has 0 amide bonds. The molecular formula is C27H23N3O6S. The predicted molar refractivity (Wildman–Crippen MR) is 138 cm³/mol. The first-order chi connectivity index (χ1) is 17.9. The van der Waals surface area contributed by atoms with Crippen LogP contribution in [0.4, 0.5) is 0 Å². The van der Waals surface area contributed by atoms with E-state index in [1.54, 1.807) is 54.6 Å². The fraction of sp³-hybridized carbons (Fsp3) is 0.111. The zero-order chi connectivity index (χ0) is 26.2. The van der Waals surface area contributed by atoms with Gasteiger partial charge in [-0.25, -0.2) is 17.4 Å². The van der Waals surface area contributed by atoms with Crippen LogP contribution in [0.2, 0.25) is 0 Å². The molecule has 2 aromatic heterocycles. The van der Waals surface area contributed by atoms with Gasteiger partial charge in [-0.1, -0.05) is 36.4 Å². The number of methoxy groups -OCH3 is 3. The van der Waals surface area contributed by atoms with Gasteiger partial charge in [0.25, 0.3) is 10.0 Å². The van der Waals surface area contributed by atoms with E-state index in [0.29, 0.717) is 39.4 Å². The van der Waals surface area contributed by atoms with Gasteiger partial charge < -0.3 is 19.2 Å². The normalized spacial score (nSPS) is 11.4. The van der Waals surface area contributed by atoms with Gasteiger partial charge in [-0.2, -0.15) is 0 Å². The Balaban J connectivity index is 1.58. The summed E-state index contributed by atoms with van der Waals surface area (Å²) in [5, 5.41) is 0.692. The van der Waals surface area contributed by atoms with Gasteiger partial charge >= 0.3 is 0 Å². The van der Waals surface area contributed by atoms with Crippen molar-refractivity contribution in [2.75, 3.05) is 21.3 Å². The second-order valence-electron chi connectivity index (χ2n) is 8.06. The van der Waals surface area contributed by atoms with Crippen LogP contribution >= 0.6 is 0 Å². The van der Waals surface area contributed by atoms with Crippen molar-refractivity contribution in [1.82, 2.24) is 13.9 Å². The summed E-state index contributed by atoms with van der Waals surface area (Å²) in [6, 6.07) is 18.5. The molecule has 0 aliphatic heterocycles. The molecule has 0 fully saturated rings. The molecular weight excluding hydrogens is 494 g/mol. The van der Waals surface area contributed by atoms with E-state index < -0.39 is 15.8 Å². The van der Waals surface area contributed by atoms with Crippen LogP contribution in [-0.2, 0) is 10.0 Å². The van der Waals surface area contributed by atoms with Crippen LogP contribution in [-0.4, -0.2) is 49.5 Å². The SMILES string of the molecule is COc1cc(C(=O)c2ncc(-c3cn(S(=O)(=O)c4ccccc4)c4ccccc34)[nH]2)cc(OC)c1OC. The summed E-state index contributed by atoms with van der Waals surface area (Å²) in [6.07, 6.45) is 3.04. The minimum absolute atomic E-state index is 0.0759. The lowest BCUT2D eigenvalue weighted by atomic mass is 10.1. The van der Waals surface area contributed by atoms with Crippen LogP contribution < -0.4 is 14.2 Å². The minimum Gasteiger partial charge on any atom is -0.493 e. The summed E-state index contributed by atoms with van der Waals surface area (Å²) < 4.78 is 44.1. The second-order valence-corrected chi connectivity index (χ2v) is 9.88. The van der Waals surface area contributed by atoms with Crippen molar-refractivity contribution in [2.45, 2.75) is 4.90 Å². The molecule has 0 radical (unpaired) electrons. The summed E-state index contributed by atoms with van der Waals surface area (Å²) >= 11 is 0. The largest absolute Gasteiger partial charge is 0.493 e. The summed E-state index contributed by atoms with van der Waals surface area (Å²) in [5.41, 5.74) is 1.87. The highest BCUT2D eigenvalue weighted by molar-refractivity contribution is 7.90. The van der Waals surface area contributed by atoms with E-state index in [1.165, 1.54) is 37.7 Å². The van der Waals surface area contributed by atoms with Gasteiger partial charge in [0.1, 0.15) is 0 Å². The molecule has 0 spiro atoms. The molecule has 0 unspecified atom stereocenters. The predicted octanol–water partition coefficient (Wildman–Crippen LogP) is 4.53. The Morgan fingerprint density at radius 2 is 1.54 bits per heavy atom. The van der Waals surface area contributed by atoms with Gasteiger partial charge in [0.15, 0.2) is 17.3 Å². The maximum Gasteiger partial charge on any atom is 0.268 e. The average molecular weight is 518 g/mol. The molecule has 5 aromatic rings. The topological polar surface area (TPSA) is 113 Å². The molecule has 0 atom stereocenters. The number of carbonyl (C=O) groups is 1. The standard InChI is InChI=1S/C27H23N3O6S/c1-34-23-13-17(14-24(35-2)26(23)36-3)25(31)27-28-15-21(29-27)20-16-30(22-12-8-7-11-19(20)22)37(32,33)18-9-5-4-6-10-18/h4-16H,1-3H3,(H,28,29). The number of ketones is 1. The molecule has 3 aromatic carbocycles. The van der Waals surface area contributed by atoms with Crippen molar-refractivity contribution < 1.29 is 27.4 Å². The number of imidazole rings is 1. The summed E-state index contributed by atoms with van der Waals surface area (Å²) in [6.45, 7) is 0. The summed E-state index contributed by atoms with van der Waals surface area (Å²) in [4.78, 5) is 20.8. The van der Waals surface area contributed by atoms with Gasteiger partial charge in [-0.3, -0.25) is 4.79 Å². The number of para-hydroxylation sites is 1. The summed E-state index contributed by atoms with van der Waals surface area (Å²) in [5.74, 6) is 0.727. The maximum absolute atomic E-state index is 13.4. The molecule has 9 nitrogen and oxygen atoms in total. The Morgan fingerprint density at radius 3 is 2.19 bits per heavy atom. The Hall–Kier alpha value is -4.57. The number of rotatable bonds is 8. The number of nitrogens with one attached hydrogen (secondary N) is 1. The molecule has 1 N–H and O–H groups in total. The first kappa shape index (κ1) is 24.1. The van der Waals surface area contributed by atoms with E-state index in [1.807, 2.05) is 12.1 Å². The maximum atomic E-state index is 13.4. The van der Waals surface area contributed by atoms with E-state index in [-0.39, 0.29) is 16.3 Å². The van der Waals surface area contributed by atoms with Crippen molar-refractivity contribution in [3.05, 3.63) is 90.5 Å². The number of aromatic amines is 1. The van der Waals surface area contributed by atoms with Gasteiger partial charge in [0.05, 0.1) is 43.6 Å². The third-order valence-electron chi connectivity index (χ3n) is 5.99. The fourth-order valence-corrected chi connectivity index (χ4v) is 5.58. The van der Waals surface area contributed by atoms with Gasteiger partial charge in [0, 0.05) is 22.7 Å².